The highest BCUT2D eigenvalue weighted by Gasteiger charge is 2.27. The van der Waals surface area contributed by atoms with Crippen molar-refractivity contribution in [2.24, 2.45) is 5.92 Å². The third-order valence-electron chi connectivity index (χ3n) is 3.86. The third kappa shape index (κ3) is 4.87. The molecule has 0 saturated carbocycles. The number of aliphatic carboxylic acids is 2. The number of nitrogens with zero attached hydrogens (tertiary/aromatic N) is 3. The van der Waals surface area contributed by atoms with Crippen molar-refractivity contribution >= 4 is 28.7 Å². The van der Waals surface area contributed by atoms with E-state index in [1.54, 1.807) is 32.0 Å². The molecule has 1 N–H and O–H groups in total. The molecule has 0 aliphatic rings. The maximum Gasteiger partial charge on any atom is 0.278 e. The first kappa shape index (κ1) is 20.0. The molecule has 144 valence electrons. The van der Waals surface area contributed by atoms with E-state index in [4.69, 9.17) is 0 Å². The number of hydrogen-bond acceptors (Lipinski definition) is 8. The first-order valence-corrected chi connectivity index (χ1v) is 8.26. The number of hydrogen-bond donors (Lipinski definition) is 1. The highest BCUT2D eigenvalue weighted by molar-refractivity contribution is 5.87. The Morgan fingerprint density at radius 2 is 1.85 bits per heavy atom. The predicted molar refractivity (Wildman–Crippen MR) is 88.9 cm³/mol. The van der Waals surface area contributed by atoms with Crippen LogP contribution in [0.1, 0.15) is 32.7 Å². The zero-order valence-electron chi connectivity index (χ0n) is 14.7. The normalized spacial score (nSPS) is 13.3. The lowest BCUT2D eigenvalue weighted by atomic mass is 10.0. The minimum absolute atomic E-state index is 0.0523. The Bertz CT molecular complexity index is 923. The molecule has 1 heterocycles. The molecule has 1 aromatic heterocycles. The maximum absolute atomic E-state index is 12.7. The van der Waals surface area contributed by atoms with Gasteiger partial charge in [-0.05, 0) is 24.5 Å². The second-order valence-corrected chi connectivity index (χ2v) is 6.46. The van der Waals surface area contributed by atoms with E-state index in [-0.39, 0.29) is 17.7 Å². The fraction of sp³-hybridized carbons (Fsp3) is 0.412. The number of carboxylic acids is 2. The zero-order valence-corrected chi connectivity index (χ0v) is 14.7. The van der Waals surface area contributed by atoms with Crippen molar-refractivity contribution < 1.29 is 24.6 Å². The molecule has 2 aromatic rings. The van der Waals surface area contributed by atoms with E-state index in [1.807, 2.05) is 0 Å². The number of carboxylic acid groups (broad SMARTS) is 2. The van der Waals surface area contributed by atoms with Crippen molar-refractivity contribution in [1.29, 1.82) is 0 Å². The average Bonchev–Trinajstić information content (AvgIpc) is 2.59. The van der Waals surface area contributed by atoms with Gasteiger partial charge in [-0.2, -0.15) is 4.68 Å². The van der Waals surface area contributed by atoms with Gasteiger partial charge >= 0.3 is 0 Å². The fourth-order valence-electron chi connectivity index (χ4n) is 2.60. The molecule has 1 amide bonds. The predicted octanol–water partition coefficient (Wildman–Crippen LogP) is -2.25. The van der Waals surface area contributed by atoms with Crippen LogP contribution in [0.25, 0.3) is 10.9 Å². The van der Waals surface area contributed by atoms with E-state index in [9.17, 15) is 29.4 Å². The molecule has 2 rings (SSSR count). The standard InChI is InChI=1S/C17H20N4O6/c1-9(2)7-13(15(24)18-12(17(26)27)8-14(22)23)21-16(25)10-5-3-4-6-11(10)19-20-21/h3-6,9,12-13H,7-8H2,1-2H3,(H,18,24)(H,22,23)(H,26,27)/p-2/t12-,13-/m0/s1. The molecular formula is C17H18N4O6-2. The van der Waals surface area contributed by atoms with E-state index in [1.165, 1.54) is 6.07 Å². The van der Waals surface area contributed by atoms with Crippen molar-refractivity contribution in [3.8, 4) is 0 Å². The van der Waals surface area contributed by atoms with Crippen molar-refractivity contribution in [3.05, 3.63) is 34.6 Å². The summed E-state index contributed by atoms with van der Waals surface area (Å²) < 4.78 is 0.878. The molecule has 0 aliphatic carbocycles. The Morgan fingerprint density at radius 3 is 2.44 bits per heavy atom. The summed E-state index contributed by atoms with van der Waals surface area (Å²) in [5, 5.41) is 31.8. The topological polar surface area (TPSA) is 157 Å². The summed E-state index contributed by atoms with van der Waals surface area (Å²) >= 11 is 0. The van der Waals surface area contributed by atoms with Gasteiger partial charge in [0.2, 0.25) is 5.91 Å². The quantitative estimate of drug-likeness (QED) is 0.543. The highest BCUT2D eigenvalue weighted by atomic mass is 16.4. The van der Waals surface area contributed by atoms with Gasteiger partial charge in [0.1, 0.15) is 11.6 Å². The molecule has 2 atom stereocenters. The molecule has 0 aliphatic heterocycles. The Morgan fingerprint density at radius 1 is 1.19 bits per heavy atom. The number of aromatic nitrogens is 3. The highest BCUT2D eigenvalue weighted by Crippen LogP contribution is 2.17. The summed E-state index contributed by atoms with van der Waals surface area (Å²) in [5.74, 6) is -4.35. The number of carbonyl (C=O) groups excluding carboxylic acids is 3. The lowest BCUT2D eigenvalue weighted by Crippen LogP contribution is -2.52. The third-order valence-corrected chi connectivity index (χ3v) is 3.86. The number of rotatable bonds is 8. The van der Waals surface area contributed by atoms with Crippen molar-refractivity contribution in [2.75, 3.05) is 0 Å². The first-order valence-electron chi connectivity index (χ1n) is 8.26. The van der Waals surface area contributed by atoms with Crippen molar-refractivity contribution in [3.63, 3.8) is 0 Å². The lowest BCUT2D eigenvalue weighted by Gasteiger charge is -2.25. The van der Waals surface area contributed by atoms with Crippen LogP contribution in [0.5, 0.6) is 0 Å². The van der Waals surface area contributed by atoms with Crippen LogP contribution in [-0.2, 0) is 14.4 Å². The van der Waals surface area contributed by atoms with Gasteiger partial charge in [0.15, 0.2) is 0 Å². The molecule has 0 bridgehead atoms. The summed E-state index contributed by atoms with van der Waals surface area (Å²) in [6.07, 6.45) is -0.801. The Hall–Kier alpha value is -3.30. The summed E-state index contributed by atoms with van der Waals surface area (Å²) in [5.41, 5.74) is -0.210. The second-order valence-electron chi connectivity index (χ2n) is 6.46. The minimum Gasteiger partial charge on any atom is -0.550 e. The Balaban J connectivity index is 2.41. The van der Waals surface area contributed by atoms with E-state index >= 15 is 0 Å². The lowest BCUT2D eigenvalue weighted by molar-refractivity contribution is -0.317. The Kier molecular flexibility index (Phi) is 6.22. The fourth-order valence-corrected chi connectivity index (χ4v) is 2.60. The number of amides is 1. The molecule has 0 fully saturated rings. The second kappa shape index (κ2) is 8.39. The minimum atomic E-state index is -1.79. The van der Waals surface area contributed by atoms with E-state index in [2.05, 4.69) is 15.6 Å². The van der Waals surface area contributed by atoms with Gasteiger partial charge in [0, 0.05) is 12.4 Å². The van der Waals surface area contributed by atoms with Crippen LogP contribution in [-0.4, -0.2) is 38.9 Å². The summed E-state index contributed by atoms with van der Waals surface area (Å²) in [7, 11) is 0. The largest absolute Gasteiger partial charge is 0.550 e. The zero-order chi connectivity index (χ0) is 20.1. The van der Waals surface area contributed by atoms with Gasteiger partial charge in [0.25, 0.3) is 5.56 Å². The molecule has 1 aromatic carbocycles. The molecule has 0 spiro atoms. The van der Waals surface area contributed by atoms with E-state index < -0.39 is 41.9 Å². The van der Waals surface area contributed by atoms with Crippen LogP contribution in [0.15, 0.2) is 29.1 Å². The van der Waals surface area contributed by atoms with Crippen LogP contribution in [0, 0.1) is 5.92 Å². The van der Waals surface area contributed by atoms with Crippen LogP contribution in [0.2, 0.25) is 0 Å². The van der Waals surface area contributed by atoms with Crippen LogP contribution in [0.4, 0.5) is 0 Å². The van der Waals surface area contributed by atoms with Crippen molar-refractivity contribution in [1.82, 2.24) is 20.3 Å². The number of carbonyl (C=O) groups is 3. The molecule has 0 radical (unpaired) electrons. The molecule has 10 heteroatoms. The SMILES string of the molecule is CC(C)C[C@@H](C(=O)N[C@@H](CC(=O)[O-])C(=O)[O-])n1nnc2ccccc2c1=O. The van der Waals surface area contributed by atoms with Crippen molar-refractivity contribution in [2.45, 2.75) is 38.8 Å². The van der Waals surface area contributed by atoms with Crippen LogP contribution in [0.3, 0.4) is 0 Å². The van der Waals surface area contributed by atoms with Gasteiger partial charge in [0.05, 0.1) is 17.4 Å². The smallest absolute Gasteiger partial charge is 0.278 e. The monoisotopic (exact) mass is 374 g/mol. The summed E-state index contributed by atoms with van der Waals surface area (Å²) in [6, 6.07) is 3.49. The van der Waals surface area contributed by atoms with Gasteiger partial charge in [-0.15, -0.1) is 5.10 Å². The van der Waals surface area contributed by atoms with E-state index in [0.717, 1.165) is 4.68 Å². The molecule has 27 heavy (non-hydrogen) atoms. The molecule has 10 nitrogen and oxygen atoms in total. The molecule has 0 unspecified atom stereocenters. The van der Waals surface area contributed by atoms with Gasteiger partial charge < -0.3 is 25.1 Å². The number of fused-ring (bicyclic) bond motifs is 1. The van der Waals surface area contributed by atoms with Gasteiger partial charge in [-0.1, -0.05) is 31.2 Å². The van der Waals surface area contributed by atoms with Gasteiger partial charge in [-0.25, -0.2) is 0 Å². The first-order chi connectivity index (χ1) is 12.7. The van der Waals surface area contributed by atoms with E-state index in [0.29, 0.717) is 5.52 Å². The number of benzene rings is 1. The summed E-state index contributed by atoms with van der Waals surface area (Å²) in [6.45, 7) is 3.61. The Labute approximate surface area is 153 Å². The van der Waals surface area contributed by atoms with Gasteiger partial charge in [-0.3, -0.25) is 9.59 Å². The summed E-state index contributed by atoms with van der Waals surface area (Å²) in [4.78, 5) is 47.1. The van der Waals surface area contributed by atoms with Crippen LogP contribution >= 0.6 is 0 Å². The average molecular weight is 374 g/mol. The molecule has 0 saturated heterocycles. The molecular weight excluding hydrogens is 356 g/mol. The van der Waals surface area contributed by atoms with Crippen LogP contribution < -0.4 is 21.1 Å². The maximum atomic E-state index is 12.7. The number of nitrogens with one attached hydrogen (secondary N) is 1.